The van der Waals surface area contributed by atoms with Crippen molar-refractivity contribution in [3.05, 3.63) is 47.0 Å². The Morgan fingerprint density at radius 1 is 1.29 bits per heavy atom. The van der Waals surface area contributed by atoms with E-state index in [-0.39, 0.29) is 6.61 Å². The highest BCUT2D eigenvalue weighted by atomic mass is 35.5. The molecule has 3 rings (SSSR count). The average molecular weight is 303 g/mol. The van der Waals surface area contributed by atoms with Crippen LogP contribution in [0.5, 0.6) is 5.75 Å². The maximum absolute atomic E-state index is 6.14. The van der Waals surface area contributed by atoms with Crippen molar-refractivity contribution in [3.63, 3.8) is 0 Å². The molecule has 0 aliphatic heterocycles. The predicted molar refractivity (Wildman–Crippen MR) is 81.5 cm³/mol. The first-order chi connectivity index (χ1) is 10.2. The molecule has 0 atom stereocenters. The molecule has 2 aromatic heterocycles. The van der Waals surface area contributed by atoms with Gasteiger partial charge in [-0.1, -0.05) is 30.7 Å². The number of ether oxygens (including phenoxy) is 1. The lowest BCUT2D eigenvalue weighted by molar-refractivity contribution is 0.296. The molecule has 0 saturated carbocycles. The number of nitrogens with zero attached hydrogens (tertiary/aromatic N) is 4. The van der Waals surface area contributed by atoms with E-state index in [0.717, 1.165) is 17.6 Å². The van der Waals surface area contributed by atoms with Gasteiger partial charge in [0.15, 0.2) is 11.5 Å². The molecule has 0 radical (unpaired) electrons. The van der Waals surface area contributed by atoms with E-state index in [1.165, 1.54) is 5.56 Å². The zero-order chi connectivity index (χ0) is 14.8. The number of halogens is 1. The Hall–Kier alpha value is -2.14. The molecule has 0 aliphatic rings. The van der Waals surface area contributed by atoms with Gasteiger partial charge in [0.25, 0.3) is 0 Å². The van der Waals surface area contributed by atoms with Crippen LogP contribution in [0.15, 0.2) is 30.5 Å². The molecule has 0 N–H and O–H groups in total. The molecule has 0 bridgehead atoms. The molecule has 1 aromatic carbocycles. The third kappa shape index (κ3) is 2.83. The van der Waals surface area contributed by atoms with Gasteiger partial charge < -0.3 is 4.74 Å². The minimum atomic E-state index is 0.272. The second-order valence-corrected chi connectivity index (χ2v) is 5.08. The molecular formula is C15H15ClN4O. The van der Waals surface area contributed by atoms with Crippen molar-refractivity contribution in [2.24, 2.45) is 7.05 Å². The number of benzene rings is 1. The second kappa shape index (κ2) is 5.69. The molecule has 5 nitrogen and oxygen atoms in total. The molecule has 0 amide bonds. The van der Waals surface area contributed by atoms with Crippen molar-refractivity contribution >= 4 is 22.6 Å². The van der Waals surface area contributed by atoms with Gasteiger partial charge in [-0.25, -0.2) is 9.97 Å². The zero-order valence-electron chi connectivity index (χ0n) is 11.9. The van der Waals surface area contributed by atoms with Gasteiger partial charge in [0.05, 0.1) is 11.6 Å². The molecule has 108 valence electrons. The number of hydrogen-bond acceptors (Lipinski definition) is 4. The summed E-state index contributed by atoms with van der Waals surface area (Å²) in [5, 5.41) is 5.27. The van der Waals surface area contributed by atoms with Crippen LogP contribution in [0.1, 0.15) is 18.3 Å². The van der Waals surface area contributed by atoms with Gasteiger partial charge in [-0.05, 0) is 24.1 Å². The third-order valence-electron chi connectivity index (χ3n) is 3.27. The highest BCUT2D eigenvalue weighted by Crippen LogP contribution is 2.20. The first kappa shape index (κ1) is 13.8. The van der Waals surface area contributed by atoms with Crippen LogP contribution in [-0.2, 0) is 20.1 Å². The molecule has 3 aromatic rings. The SMILES string of the molecule is CCc1cccc(OCc2nc(Cl)c3cnn(C)c3n2)c1. The van der Waals surface area contributed by atoms with E-state index in [1.54, 1.807) is 10.9 Å². The maximum Gasteiger partial charge on any atom is 0.170 e. The highest BCUT2D eigenvalue weighted by molar-refractivity contribution is 6.33. The Bertz CT molecular complexity index is 784. The van der Waals surface area contributed by atoms with Gasteiger partial charge in [-0.2, -0.15) is 5.10 Å². The Morgan fingerprint density at radius 2 is 2.14 bits per heavy atom. The molecule has 0 fully saturated rings. The van der Waals surface area contributed by atoms with Gasteiger partial charge in [-0.3, -0.25) is 4.68 Å². The number of aromatic nitrogens is 4. The van der Waals surface area contributed by atoms with Gasteiger partial charge in [0, 0.05) is 7.05 Å². The van der Waals surface area contributed by atoms with Crippen molar-refractivity contribution in [3.8, 4) is 5.75 Å². The van der Waals surface area contributed by atoms with Gasteiger partial charge in [0.2, 0.25) is 0 Å². The summed E-state index contributed by atoms with van der Waals surface area (Å²) >= 11 is 6.14. The summed E-state index contributed by atoms with van der Waals surface area (Å²) in [6, 6.07) is 7.99. The number of rotatable bonds is 4. The van der Waals surface area contributed by atoms with Crippen LogP contribution >= 0.6 is 11.6 Å². The van der Waals surface area contributed by atoms with Crippen molar-refractivity contribution in [2.75, 3.05) is 0 Å². The first-order valence-electron chi connectivity index (χ1n) is 6.73. The van der Waals surface area contributed by atoms with Crippen LogP contribution in [0.2, 0.25) is 5.15 Å². The first-order valence-corrected chi connectivity index (χ1v) is 7.11. The molecule has 0 saturated heterocycles. The topological polar surface area (TPSA) is 52.8 Å². The molecule has 21 heavy (non-hydrogen) atoms. The lowest BCUT2D eigenvalue weighted by Crippen LogP contribution is -2.04. The van der Waals surface area contributed by atoms with E-state index in [4.69, 9.17) is 16.3 Å². The average Bonchev–Trinajstić information content (AvgIpc) is 2.87. The minimum Gasteiger partial charge on any atom is -0.486 e. The van der Waals surface area contributed by atoms with E-state index in [1.807, 2.05) is 25.2 Å². The highest BCUT2D eigenvalue weighted by Gasteiger charge is 2.10. The quantitative estimate of drug-likeness (QED) is 0.695. The van der Waals surface area contributed by atoms with Crippen LogP contribution < -0.4 is 4.74 Å². The van der Waals surface area contributed by atoms with Crippen molar-refractivity contribution < 1.29 is 4.74 Å². The molecular weight excluding hydrogens is 288 g/mol. The van der Waals surface area contributed by atoms with Gasteiger partial charge >= 0.3 is 0 Å². The third-order valence-corrected chi connectivity index (χ3v) is 3.55. The van der Waals surface area contributed by atoms with Crippen molar-refractivity contribution in [2.45, 2.75) is 20.0 Å². The Morgan fingerprint density at radius 3 is 2.95 bits per heavy atom. The normalized spacial score (nSPS) is 11.0. The van der Waals surface area contributed by atoms with E-state index in [0.29, 0.717) is 16.6 Å². The number of fused-ring (bicyclic) bond motifs is 1. The molecule has 0 aliphatic carbocycles. The van der Waals surface area contributed by atoms with E-state index < -0.39 is 0 Å². The largest absolute Gasteiger partial charge is 0.486 e. The van der Waals surface area contributed by atoms with Gasteiger partial charge in [-0.15, -0.1) is 0 Å². The monoisotopic (exact) mass is 302 g/mol. The lowest BCUT2D eigenvalue weighted by Gasteiger charge is -2.07. The number of hydrogen-bond donors (Lipinski definition) is 0. The Labute approximate surface area is 127 Å². The lowest BCUT2D eigenvalue weighted by atomic mass is 10.2. The van der Waals surface area contributed by atoms with E-state index in [9.17, 15) is 0 Å². The fourth-order valence-corrected chi connectivity index (χ4v) is 2.33. The van der Waals surface area contributed by atoms with E-state index >= 15 is 0 Å². The van der Waals surface area contributed by atoms with Crippen molar-refractivity contribution in [1.29, 1.82) is 0 Å². The summed E-state index contributed by atoms with van der Waals surface area (Å²) in [4.78, 5) is 8.68. The Kier molecular flexibility index (Phi) is 3.75. The van der Waals surface area contributed by atoms with Gasteiger partial charge in [0.1, 0.15) is 17.5 Å². The van der Waals surface area contributed by atoms with Crippen molar-refractivity contribution in [1.82, 2.24) is 19.7 Å². The van der Waals surface area contributed by atoms with Crippen LogP contribution in [0.4, 0.5) is 0 Å². The van der Waals surface area contributed by atoms with E-state index in [2.05, 4.69) is 28.1 Å². The summed E-state index contributed by atoms with van der Waals surface area (Å²) in [6.45, 7) is 2.38. The standard InChI is InChI=1S/C15H15ClN4O/c1-3-10-5-4-6-11(7-10)21-9-13-18-14(16)12-8-17-20(2)15(12)19-13/h4-8H,3,9H2,1-2H3. The number of aryl methyl sites for hydroxylation is 2. The summed E-state index contributed by atoms with van der Waals surface area (Å²) in [6.07, 6.45) is 2.63. The molecule has 0 unspecified atom stereocenters. The minimum absolute atomic E-state index is 0.272. The Balaban J connectivity index is 1.83. The maximum atomic E-state index is 6.14. The summed E-state index contributed by atoms with van der Waals surface area (Å²) < 4.78 is 7.41. The summed E-state index contributed by atoms with van der Waals surface area (Å²) in [5.41, 5.74) is 1.93. The summed E-state index contributed by atoms with van der Waals surface area (Å²) in [5.74, 6) is 1.34. The van der Waals surface area contributed by atoms with Crippen LogP contribution in [-0.4, -0.2) is 19.7 Å². The molecule has 6 heteroatoms. The zero-order valence-corrected chi connectivity index (χ0v) is 12.6. The molecule has 0 spiro atoms. The van der Waals surface area contributed by atoms with Crippen LogP contribution in [0.25, 0.3) is 11.0 Å². The molecule has 2 heterocycles. The second-order valence-electron chi connectivity index (χ2n) is 4.73. The fraction of sp³-hybridized carbons (Fsp3) is 0.267. The smallest absolute Gasteiger partial charge is 0.170 e. The fourth-order valence-electron chi connectivity index (χ4n) is 2.10. The summed E-state index contributed by atoms with van der Waals surface area (Å²) in [7, 11) is 1.82. The van der Waals surface area contributed by atoms with Crippen LogP contribution in [0.3, 0.4) is 0 Å². The predicted octanol–water partition coefficient (Wildman–Crippen LogP) is 3.16. The van der Waals surface area contributed by atoms with Crippen LogP contribution in [0, 0.1) is 0 Å².